The summed E-state index contributed by atoms with van der Waals surface area (Å²) in [6, 6.07) is 11.4. The predicted octanol–water partition coefficient (Wildman–Crippen LogP) is 3.66. The van der Waals surface area contributed by atoms with Crippen molar-refractivity contribution in [2.24, 2.45) is 0 Å². The minimum atomic E-state index is -0.338. The summed E-state index contributed by atoms with van der Waals surface area (Å²) >= 11 is 0. The van der Waals surface area contributed by atoms with Crippen LogP contribution in [0.15, 0.2) is 47.1 Å². The second-order valence-corrected chi connectivity index (χ2v) is 7.57. The SMILES string of the molecule is CCOC(=O)N1CCN(C(=O)c2cc(-c3ccco3)nn2-c2ccc(C)cc2C)CC1. The van der Waals surface area contributed by atoms with Crippen molar-refractivity contribution in [2.45, 2.75) is 20.8 Å². The van der Waals surface area contributed by atoms with Crippen molar-refractivity contribution in [3.05, 3.63) is 59.5 Å². The molecule has 4 rings (SSSR count). The average molecular weight is 422 g/mol. The van der Waals surface area contributed by atoms with E-state index in [9.17, 15) is 9.59 Å². The Balaban J connectivity index is 1.64. The van der Waals surface area contributed by atoms with Crippen LogP contribution >= 0.6 is 0 Å². The second-order valence-electron chi connectivity index (χ2n) is 7.57. The molecule has 0 bridgehead atoms. The molecule has 31 heavy (non-hydrogen) atoms. The Morgan fingerprint density at radius 1 is 1.06 bits per heavy atom. The molecule has 162 valence electrons. The van der Waals surface area contributed by atoms with Gasteiger partial charge in [0.05, 0.1) is 18.6 Å². The molecule has 0 atom stereocenters. The van der Waals surface area contributed by atoms with E-state index in [1.54, 1.807) is 39.8 Å². The summed E-state index contributed by atoms with van der Waals surface area (Å²) in [5.74, 6) is 0.471. The van der Waals surface area contributed by atoms with Gasteiger partial charge in [0.25, 0.3) is 5.91 Å². The van der Waals surface area contributed by atoms with Crippen molar-refractivity contribution in [3.8, 4) is 17.1 Å². The highest BCUT2D eigenvalue weighted by Crippen LogP contribution is 2.25. The van der Waals surface area contributed by atoms with Crippen LogP contribution in [0.5, 0.6) is 0 Å². The summed E-state index contributed by atoms with van der Waals surface area (Å²) in [6.45, 7) is 7.90. The summed E-state index contributed by atoms with van der Waals surface area (Å²) in [5, 5.41) is 4.69. The van der Waals surface area contributed by atoms with E-state index in [0.717, 1.165) is 16.8 Å². The summed E-state index contributed by atoms with van der Waals surface area (Å²) in [4.78, 5) is 28.8. The number of carbonyl (C=O) groups is 2. The quantitative estimate of drug-likeness (QED) is 0.641. The molecule has 3 heterocycles. The van der Waals surface area contributed by atoms with Gasteiger partial charge in [-0.25, -0.2) is 9.48 Å². The zero-order chi connectivity index (χ0) is 22.0. The fraction of sp³-hybridized carbons (Fsp3) is 0.348. The van der Waals surface area contributed by atoms with Crippen LogP contribution in [0.4, 0.5) is 4.79 Å². The highest BCUT2D eigenvalue weighted by Gasteiger charge is 2.29. The van der Waals surface area contributed by atoms with E-state index in [-0.39, 0.29) is 12.0 Å². The van der Waals surface area contributed by atoms with E-state index >= 15 is 0 Å². The Bertz CT molecular complexity index is 1080. The number of hydrogen-bond donors (Lipinski definition) is 0. The largest absolute Gasteiger partial charge is 0.463 e. The Morgan fingerprint density at radius 3 is 2.45 bits per heavy atom. The minimum Gasteiger partial charge on any atom is -0.463 e. The van der Waals surface area contributed by atoms with E-state index < -0.39 is 0 Å². The van der Waals surface area contributed by atoms with E-state index in [2.05, 4.69) is 11.2 Å². The van der Waals surface area contributed by atoms with Crippen molar-refractivity contribution < 1.29 is 18.7 Å². The van der Waals surface area contributed by atoms with Gasteiger partial charge in [-0.15, -0.1) is 0 Å². The zero-order valence-electron chi connectivity index (χ0n) is 18.0. The number of nitrogens with zero attached hydrogens (tertiary/aromatic N) is 4. The number of hydrogen-bond acceptors (Lipinski definition) is 5. The van der Waals surface area contributed by atoms with Crippen LogP contribution in [0.3, 0.4) is 0 Å². The highest BCUT2D eigenvalue weighted by atomic mass is 16.6. The average Bonchev–Trinajstić information content (AvgIpc) is 3.44. The highest BCUT2D eigenvalue weighted by molar-refractivity contribution is 5.94. The Hall–Kier alpha value is -3.55. The molecule has 3 aromatic rings. The molecule has 8 nitrogen and oxygen atoms in total. The number of aryl methyl sites for hydroxylation is 2. The second kappa shape index (κ2) is 8.67. The molecule has 2 amide bonds. The lowest BCUT2D eigenvalue weighted by molar-refractivity contribution is 0.0563. The molecule has 1 aromatic carbocycles. The number of ether oxygens (including phenoxy) is 1. The van der Waals surface area contributed by atoms with Crippen LogP contribution in [0.2, 0.25) is 0 Å². The van der Waals surface area contributed by atoms with E-state index in [1.807, 2.05) is 32.0 Å². The minimum absolute atomic E-state index is 0.131. The summed E-state index contributed by atoms with van der Waals surface area (Å²) in [5.41, 5.74) is 4.07. The van der Waals surface area contributed by atoms with E-state index in [4.69, 9.17) is 9.15 Å². The number of carbonyl (C=O) groups excluding carboxylic acids is 2. The summed E-state index contributed by atoms with van der Waals surface area (Å²) < 4.78 is 12.3. The first-order valence-corrected chi connectivity index (χ1v) is 10.4. The molecule has 0 spiro atoms. The monoisotopic (exact) mass is 422 g/mol. The third kappa shape index (κ3) is 4.19. The van der Waals surface area contributed by atoms with E-state index in [1.165, 1.54) is 0 Å². The van der Waals surface area contributed by atoms with Crippen LogP contribution in [-0.2, 0) is 4.74 Å². The number of rotatable bonds is 4. The van der Waals surface area contributed by atoms with Crippen LogP contribution in [0.1, 0.15) is 28.5 Å². The van der Waals surface area contributed by atoms with E-state index in [0.29, 0.717) is 49.9 Å². The molecule has 0 radical (unpaired) electrons. The maximum atomic E-state index is 13.5. The van der Waals surface area contributed by atoms with Crippen LogP contribution in [0, 0.1) is 13.8 Å². The smallest absolute Gasteiger partial charge is 0.409 e. The molecule has 1 aliphatic rings. The van der Waals surface area contributed by atoms with Crippen molar-refractivity contribution in [1.82, 2.24) is 19.6 Å². The number of aromatic nitrogens is 2. The fourth-order valence-electron chi connectivity index (χ4n) is 3.77. The predicted molar refractivity (Wildman–Crippen MR) is 115 cm³/mol. The van der Waals surface area contributed by atoms with Crippen LogP contribution in [-0.4, -0.2) is 64.4 Å². The lowest BCUT2D eigenvalue weighted by Gasteiger charge is -2.34. The maximum Gasteiger partial charge on any atom is 0.409 e. The van der Waals surface area contributed by atoms with Crippen molar-refractivity contribution in [3.63, 3.8) is 0 Å². The fourth-order valence-corrected chi connectivity index (χ4v) is 3.77. The Morgan fingerprint density at radius 2 is 1.81 bits per heavy atom. The molecule has 8 heteroatoms. The van der Waals surface area contributed by atoms with Gasteiger partial charge in [0, 0.05) is 32.2 Å². The summed E-state index contributed by atoms with van der Waals surface area (Å²) in [6.07, 6.45) is 1.25. The molecule has 0 N–H and O–H groups in total. The van der Waals surface area contributed by atoms with Crippen molar-refractivity contribution in [1.29, 1.82) is 0 Å². The van der Waals surface area contributed by atoms with Gasteiger partial charge in [0.1, 0.15) is 11.4 Å². The molecule has 1 saturated heterocycles. The number of benzene rings is 1. The lowest BCUT2D eigenvalue weighted by atomic mass is 10.1. The Labute approximate surface area is 181 Å². The van der Waals surface area contributed by atoms with Crippen molar-refractivity contribution in [2.75, 3.05) is 32.8 Å². The molecule has 0 saturated carbocycles. The molecule has 0 aliphatic carbocycles. The molecular formula is C23H26N4O4. The summed E-state index contributed by atoms with van der Waals surface area (Å²) in [7, 11) is 0. The molecule has 1 aliphatic heterocycles. The van der Waals surface area contributed by atoms with Crippen LogP contribution in [0.25, 0.3) is 17.1 Å². The Kier molecular flexibility index (Phi) is 5.79. The molecule has 1 fully saturated rings. The van der Waals surface area contributed by atoms with Gasteiger partial charge in [0.15, 0.2) is 5.76 Å². The van der Waals surface area contributed by atoms with Gasteiger partial charge in [0.2, 0.25) is 0 Å². The zero-order valence-corrected chi connectivity index (χ0v) is 18.0. The van der Waals surface area contributed by atoms with Crippen molar-refractivity contribution >= 4 is 12.0 Å². The first-order valence-electron chi connectivity index (χ1n) is 10.4. The first-order chi connectivity index (χ1) is 15.0. The van der Waals surface area contributed by atoms with Gasteiger partial charge >= 0.3 is 6.09 Å². The maximum absolute atomic E-state index is 13.5. The third-order valence-electron chi connectivity index (χ3n) is 5.38. The van der Waals surface area contributed by atoms with Gasteiger partial charge in [-0.05, 0) is 44.5 Å². The first kappa shape index (κ1) is 20.7. The molecule has 0 unspecified atom stereocenters. The topological polar surface area (TPSA) is 80.8 Å². The van der Waals surface area contributed by atoms with Gasteiger partial charge in [-0.1, -0.05) is 17.7 Å². The van der Waals surface area contributed by atoms with Gasteiger partial charge < -0.3 is 19.0 Å². The number of furan rings is 1. The van der Waals surface area contributed by atoms with Gasteiger partial charge in [-0.3, -0.25) is 4.79 Å². The third-order valence-corrected chi connectivity index (χ3v) is 5.38. The number of piperazine rings is 1. The lowest BCUT2D eigenvalue weighted by Crippen LogP contribution is -2.51. The molecule has 2 aromatic heterocycles. The van der Waals surface area contributed by atoms with Gasteiger partial charge in [-0.2, -0.15) is 5.10 Å². The number of amides is 2. The normalized spacial score (nSPS) is 14.0. The molecular weight excluding hydrogens is 396 g/mol. The standard InChI is InChI=1S/C23H26N4O4/c1-4-30-23(29)26-11-9-25(10-12-26)22(28)20-15-18(21-6-5-13-31-21)24-27(20)19-8-7-16(2)14-17(19)3/h5-8,13-15H,4,9-12H2,1-3H3. The van der Waals surface area contributed by atoms with Crippen LogP contribution < -0.4 is 0 Å².